The van der Waals surface area contributed by atoms with E-state index in [0.29, 0.717) is 5.82 Å². The first-order valence-corrected chi connectivity index (χ1v) is 10.2. The average Bonchev–Trinajstić information content (AvgIpc) is 2.97. The van der Waals surface area contributed by atoms with Gasteiger partial charge in [-0.2, -0.15) is 5.10 Å². The van der Waals surface area contributed by atoms with E-state index in [1.807, 2.05) is 47.4 Å². The van der Waals surface area contributed by atoms with Crippen molar-refractivity contribution in [1.29, 1.82) is 0 Å². The van der Waals surface area contributed by atoms with E-state index in [1.165, 1.54) is 12.8 Å². The smallest absolute Gasteiger partial charge is 0.254 e. The van der Waals surface area contributed by atoms with Gasteiger partial charge in [-0.25, -0.2) is 0 Å². The van der Waals surface area contributed by atoms with Crippen molar-refractivity contribution < 1.29 is 4.79 Å². The van der Waals surface area contributed by atoms with Crippen molar-refractivity contribution in [1.82, 2.24) is 20.1 Å². The molecule has 0 unspecified atom stereocenters. The molecule has 5 rings (SSSR count). The lowest BCUT2D eigenvalue weighted by molar-refractivity contribution is 0.0763. The summed E-state index contributed by atoms with van der Waals surface area (Å²) in [6.45, 7) is 1.71. The van der Waals surface area contributed by atoms with Crippen LogP contribution in [-0.4, -0.2) is 39.1 Å². The number of amides is 1. The highest BCUT2D eigenvalue weighted by atomic mass is 16.2. The third-order valence-corrected chi connectivity index (χ3v) is 5.59. The molecule has 0 bridgehead atoms. The molecule has 1 saturated heterocycles. The first-order valence-electron chi connectivity index (χ1n) is 10.2. The standard InChI is InChI=1S/C23H23N5O/c29-23(28-13-3-1-2-4-14-28)19-8-5-7-16-15-17(10-11-18(16)19)25-22-21-20(26-27-22)9-6-12-24-21/h5-12,15H,1-4,13-14H2,(H2,25,26,27). The zero-order valence-corrected chi connectivity index (χ0v) is 16.2. The second-order valence-corrected chi connectivity index (χ2v) is 7.54. The third kappa shape index (κ3) is 3.42. The number of hydrogen-bond donors (Lipinski definition) is 2. The zero-order valence-electron chi connectivity index (χ0n) is 16.2. The average molecular weight is 385 g/mol. The Labute approximate surface area is 168 Å². The number of pyridine rings is 1. The van der Waals surface area contributed by atoms with Gasteiger partial charge in [0.1, 0.15) is 5.52 Å². The van der Waals surface area contributed by atoms with Crippen LogP contribution in [0.15, 0.2) is 54.7 Å². The first kappa shape index (κ1) is 17.7. The van der Waals surface area contributed by atoms with Crippen molar-refractivity contribution in [3.05, 3.63) is 60.3 Å². The number of carbonyl (C=O) groups excluding carboxylic acids is 1. The quantitative estimate of drug-likeness (QED) is 0.528. The molecular weight excluding hydrogens is 362 g/mol. The molecule has 3 heterocycles. The molecule has 1 fully saturated rings. The Morgan fingerprint density at radius 3 is 2.72 bits per heavy atom. The summed E-state index contributed by atoms with van der Waals surface area (Å²) >= 11 is 0. The van der Waals surface area contributed by atoms with Crippen LogP contribution >= 0.6 is 0 Å². The Morgan fingerprint density at radius 2 is 1.86 bits per heavy atom. The maximum absolute atomic E-state index is 13.1. The van der Waals surface area contributed by atoms with Gasteiger partial charge in [-0.15, -0.1) is 0 Å². The fourth-order valence-electron chi connectivity index (χ4n) is 4.07. The molecule has 0 spiro atoms. The largest absolute Gasteiger partial charge is 0.339 e. The van der Waals surface area contributed by atoms with Gasteiger partial charge in [0.05, 0.1) is 5.52 Å². The van der Waals surface area contributed by atoms with Gasteiger partial charge in [0.25, 0.3) is 5.91 Å². The van der Waals surface area contributed by atoms with Gasteiger partial charge >= 0.3 is 0 Å². The Morgan fingerprint density at radius 1 is 1.00 bits per heavy atom. The molecule has 0 atom stereocenters. The fraction of sp³-hybridized carbons (Fsp3) is 0.261. The Hall–Kier alpha value is -3.41. The van der Waals surface area contributed by atoms with Crippen molar-refractivity contribution in [3.8, 4) is 0 Å². The number of nitrogens with zero attached hydrogens (tertiary/aromatic N) is 3. The van der Waals surface area contributed by atoms with E-state index in [4.69, 9.17) is 0 Å². The molecule has 1 aliphatic rings. The summed E-state index contributed by atoms with van der Waals surface area (Å²) in [6, 6.07) is 15.8. The van der Waals surface area contributed by atoms with Crippen molar-refractivity contribution in [2.24, 2.45) is 0 Å². The maximum Gasteiger partial charge on any atom is 0.254 e. The van der Waals surface area contributed by atoms with Gasteiger partial charge in [0.2, 0.25) is 0 Å². The summed E-state index contributed by atoms with van der Waals surface area (Å²) < 4.78 is 0. The van der Waals surface area contributed by atoms with Crippen LogP contribution in [0.25, 0.3) is 21.8 Å². The number of hydrogen-bond acceptors (Lipinski definition) is 4. The van der Waals surface area contributed by atoms with Crippen LogP contribution in [0.1, 0.15) is 36.0 Å². The molecule has 4 aromatic rings. The molecule has 0 saturated carbocycles. The van der Waals surface area contributed by atoms with Crippen molar-refractivity contribution in [2.75, 3.05) is 18.4 Å². The second kappa shape index (κ2) is 7.54. The van der Waals surface area contributed by atoms with Gasteiger partial charge in [-0.05, 0) is 53.9 Å². The first-order chi connectivity index (χ1) is 14.3. The Balaban J connectivity index is 1.46. The van der Waals surface area contributed by atoms with Crippen molar-refractivity contribution in [3.63, 3.8) is 0 Å². The number of anilines is 2. The molecule has 146 valence electrons. The van der Waals surface area contributed by atoms with Crippen LogP contribution in [0.5, 0.6) is 0 Å². The van der Waals surface area contributed by atoms with Crippen molar-refractivity contribution in [2.45, 2.75) is 25.7 Å². The molecular formula is C23H23N5O. The number of aromatic nitrogens is 3. The molecule has 0 aliphatic carbocycles. The van der Waals surface area contributed by atoms with Crippen LogP contribution in [0, 0.1) is 0 Å². The molecule has 1 amide bonds. The highest BCUT2D eigenvalue weighted by Gasteiger charge is 2.19. The normalized spacial score (nSPS) is 14.8. The number of likely N-dealkylation sites (tertiary alicyclic amines) is 1. The van der Waals surface area contributed by atoms with Crippen molar-refractivity contribution >= 4 is 39.2 Å². The number of fused-ring (bicyclic) bond motifs is 2. The lowest BCUT2D eigenvalue weighted by Gasteiger charge is -2.21. The number of benzene rings is 2. The van der Waals surface area contributed by atoms with Gasteiger partial charge in [0.15, 0.2) is 5.82 Å². The van der Waals surface area contributed by atoms with Crippen LogP contribution in [0.3, 0.4) is 0 Å². The SMILES string of the molecule is O=C(c1cccc2cc(Nc3n[nH]c4cccnc34)ccc12)N1CCCCCC1. The van der Waals surface area contributed by atoms with Crippen LogP contribution in [0.4, 0.5) is 11.5 Å². The van der Waals surface area contributed by atoms with E-state index in [1.54, 1.807) is 6.20 Å². The highest BCUT2D eigenvalue weighted by Crippen LogP contribution is 2.27. The maximum atomic E-state index is 13.1. The predicted octanol–water partition coefficient (Wildman–Crippen LogP) is 4.87. The monoisotopic (exact) mass is 385 g/mol. The summed E-state index contributed by atoms with van der Waals surface area (Å²) in [5.74, 6) is 0.831. The predicted molar refractivity (Wildman–Crippen MR) is 115 cm³/mol. The van der Waals surface area contributed by atoms with Gasteiger partial charge < -0.3 is 10.2 Å². The highest BCUT2D eigenvalue weighted by molar-refractivity contribution is 6.07. The zero-order chi connectivity index (χ0) is 19.6. The van der Waals surface area contributed by atoms with Crippen LogP contribution in [0.2, 0.25) is 0 Å². The van der Waals surface area contributed by atoms with Gasteiger partial charge in [-0.3, -0.25) is 14.9 Å². The number of H-pyrrole nitrogens is 1. The van der Waals surface area contributed by atoms with E-state index < -0.39 is 0 Å². The fourth-order valence-corrected chi connectivity index (χ4v) is 4.07. The minimum atomic E-state index is 0.140. The Kier molecular flexibility index (Phi) is 4.60. The summed E-state index contributed by atoms with van der Waals surface area (Å²) in [6.07, 6.45) is 6.37. The molecule has 6 heteroatoms. The minimum Gasteiger partial charge on any atom is -0.339 e. The molecule has 2 aromatic heterocycles. The number of aromatic amines is 1. The summed E-state index contributed by atoms with van der Waals surface area (Å²) in [7, 11) is 0. The third-order valence-electron chi connectivity index (χ3n) is 5.59. The van der Waals surface area contributed by atoms with Crippen LogP contribution in [-0.2, 0) is 0 Å². The molecule has 6 nitrogen and oxygen atoms in total. The summed E-state index contributed by atoms with van der Waals surface area (Å²) in [4.78, 5) is 19.5. The number of carbonyl (C=O) groups is 1. The number of nitrogens with one attached hydrogen (secondary N) is 2. The molecule has 29 heavy (non-hydrogen) atoms. The summed E-state index contributed by atoms with van der Waals surface area (Å²) in [5.41, 5.74) is 3.39. The molecule has 0 radical (unpaired) electrons. The lowest BCUT2D eigenvalue weighted by atomic mass is 10.0. The molecule has 1 aliphatic heterocycles. The minimum absolute atomic E-state index is 0.140. The van der Waals surface area contributed by atoms with E-state index >= 15 is 0 Å². The van der Waals surface area contributed by atoms with E-state index in [9.17, 15) is 4.79 Å². The second-order valence-electron chi connectivity index (χ2n) is 7.54. The van der Waals surface area contributed by atoms with E-state index in [-0.39, 0.29) is 5.91 Å². The van der Waals surface area contributed by atoms with Gasteiger partial charge in [-0.1, -0.05) is 31.0 Å². The topological polar surface area (TPSA) is 73.9 Å². The van der Waals surface area contributed by atoms with Crippen LogP contribution < -0.4 is 5.32 Å². The Bertz CT molecular complexity index is 1170. The summed E-state index contributed by atoms with van der Waals surface area (Å²) in [5, 5.41) is 12.7. The lowest BCUT2D eigenvalue weighted by Crippen LogP contribution is -2.31. The van der Waals surface area contributed by atoms with E-state index in [0.717, 1.165) is 59.0 Å². The van der Waals surface area contributed by atoms with Gasteiger partial charge in [0, 0.05) is 30.5 Å². The molecule has 2 aromatic carbocycles. The molecule has 2 N–H and O–H groups in total. The van der Waals surface area contributed by atoms with E-state index in [2.05, 4.69) is 26.6 Å². The number of rotatable bonds is 3.